The molecule has 0 spiro atoms. The molecule has 0 saturated heterocycles. The molecule has 0 aromatic carbocycles. The molecule has 0 N–H and O–H groups in total. The summed E-state index contributed by atoms with van der Waals surface area (Å²) >= 11 is 0. The van der Waals surface area contributed by atoms with Crippen LogP contribution in [0.5, 0.6) is 0 Å². The predicted molar refractivity (Wildman–Crippen MR) is 65.7 cm³/mol. The molecule has 0 fully saturated rings. The Labute approximate surface area is 103 Å². The van der Waals surface area contributed by atoms with Gasteiger partial charge in [0.1, 0.15) is 5.82 Å². The molecule has 0 atom stereocenters. The molecule has 0 aliphatic heterocycles. The molecular weight excluding hydrogens is 231 g/mol. The van der Waals surface area contributed by atoms with Gasteiger partial charge in [-0.2, -0.15) is 0 Å². The van der Waals surface area contributed by atoms with Crippen molar-refractivity contribution in [3.63, 3.8) is 0 Å². The minimum atomic E-state index is -0.335. The molecule has 0 amide bonds. The van der Waals surface area contributed by atoms with Crippen LogP contribution in [0, 0.1) is 19.7 Å². The third-order valence-electron chi connectivity index (χ3n) is 3.00. The van der Waals surface area contributed by atoms with Crippen LogP contribution in [-0.4, -0.2) is 19.6 Å². The molecule has 3 rings (SSSR count). The van der Waals surface area contributed by atoms with E-state index in [1.165, 1.54) is 16.8 Å². The fourth-order valence-electron chi connectivity index (χ4n) is 1.83. The topological polar surface area (TPSA) is 43.1 Å². The highest BCUT2D eigenvalue weighted by Gasteiger charge is 2.10. The van der Waals surface area contributed by atoms with E-state index in [1.54, 1.807) is 18.5 Å². The van der Waals surface area contributed by atoms with Crippen molar-refractivity contribution in [2.45, 2.75) is 13.8 Å². The maximum Gasteiger partial charge on any atom is 0.183 e. The molecule has 3 heterocycles. The van der Waals surface area contributed by atoms with Gasteiger partial charge >= 0.3 is 0 Å². The van der Waals surface area contributed by atoms with Crippen molar-refractivity contribution >= 4 is 5.65 Å². The monoisotopic (exact) mass is 242 g/mol. The van der Waals surface area contributed by atoms with Crippen LogP contribution in [0.3, 0.4) is 0 Å². The van der Waals surface area contributed by atoms with Crippen LogP contribution in [-0.2, 0) is 0 Å². The standard InChI is InChI=1S/C13H11FN4/c1-8-5-15-6-11(9(8)2)13-16-12-4-3-10(14)7-18(12)17-13/h3-7H,1-2H3. The van der Waals surface area contributed by atoms with Gasteiger partial charge < -0.3 is 0 Å². The molecule has 0 saturated carbocycles. The highest BCUT2D eigenvalue weighted by molar-refractivity contribution is 5.62. The van der Waals surface area contributed by atoms with E-state index in [-0.39, 0.29) is 5.82 Å². The smallest absolute Gasteiger partial charge is 0.183 e. The Bertz CT molecular complexity index is 733. The quantitative estimate of drug-likeness (QED) is 0.658. The summed E-state index contributed by atoms with van der Waals surface area (Å²) in [4.78, 5) is 8.52. The third kappa shape index (κ3) is 1.64. The Kier molecular flexibility index (Phi) is 2.33. The molecule has 3 aromatic heterocycles. The Morgan fingerprint density at radius 2 is 2.00 bits per heavy atom. The summed E-state index contributed by atoms with van der Waals surface area (Å²) in [6, 6.07) is 2.97. The normalized spacial score (nSPS) is 11.1. The van der Waals surface area contributed by atoms with Crippen LogP contribution in [0.1, 0.15) is 11.1 Å². The number of pyridine rings is 2. The molecule has 3 aromatic rings. The molecular formula is C13H11FN4. The van der Waals surface area contributed by atoms with E-state index >= 15 is 0 Å². The lowest BCUT2D eigenvalue weighted by Crippen LogP contribution is -1.92. The molecule has 0 aliphatic carbocycles. The first-order valence-electron chi connectivity index (χ1n) is 5.58. The van der Waals surface area contributed by atoms with Gasteiger partial charge in [0.05, 0.1) is 6.20 Å². The lowest BCUT2D eigenvalue weighted by Gasteiger charge is -2.02. The van der Waals surface area contributed by atoms with Gasteiger partial charge in [-0.15, -0.1) is 5.10 Å². The first kappa shape index (κ1) is 10.8. The summed E-state index contributed by atoms with van der Waals surface area (Å²) in [5.41, 5.74) is 3.66. The van der Waals surface area contributed by atoms with Crippen molar-refractivity contribution in [1.82, 2.24) is 19.6 Å². The summed E-state index contributed by atoms with van der Waals surface area (Å²) in [7, 11) is 0. The lowest BCUT2D eigenvalue weighted by atomic mass is 10.1. The Morgan fingerprint density at radius 1 is 1.17 bits per heavy atom. The van der Waals surface area contributed by atoms with Gasteiger partial charge in [-0.05, 0) is 37.1 Å². The van der Waals surface area contributed by atoms with Gasteiger partial charge in [0, 0.05) is 18.0 Å². The van der Waals surface area contributed by atoms with E-state index in [0.717, 1.165) is 16.7 Å². The number of fused-ring (bicyclic) bond motifs is 1. The van der Waals surface area contributed by atoms with E-state index < -0.39 is 0 Å². The van der Waals surface area contributed by atoms with Gasteiger partial charge in [0.2, 0.25) is 0 Å². The average molecular weight is 242 g/mol. The summed E-state index contributed by atoms with van der Waals surface area (Å²) < 4.78 is 14.5. The van der Waals surface area contributed by atoms with Gasteiger partial charge in [0.25, 0.3) is 0 Å². The molecule has 90 valence electrons. The van der Waals surface area contributed by atoms with Crippen LogP contribution >= 0.6 is 0 Å². The number of nitrogens with zero attached hydrogens (tertiary/aromatic N) is 4. The SMILES string of the molecule is Cc1cncc(-c2nc3ccc(F)cn3n2)c1C. The second-order valence-corrected chi connectivity index (χ2v) is 4.21. The molecule has 18 heavy (non-hydrogen) atoms. The minimum Gasteiger partial charge on any atom is -0.264 e. The molecule has 0 unspecified atom stereocenters. The molecule has 0 aliphatic rings. The van der Waals surface area contributed by atoms with Crippen molar-refractivity contribution in [3.8, 4) is 11.4 Å². The zero-order valence-corrected chi connectivity index (χ0v) is 10.1. The number of rotatable bonds is 1. The van der Waals surface area contributed by atoms with Gasteiger partial charge in [0.15, 0.2) is 11.5 Å². The summed E-state index contributed by atoms with van der Waals surface area (Å²) in [6.45, 7) is 3.99. The van der Waals surface area contributed by atoms with Crippen molar-refractivity contribution in [3.05, 3.63) is 47.7 Å². The number of hydrogen-bond donors (Lipinski definition) is 0. The largest absolute Gasteiger partial charge is 0.264 e. The second-order valence-electron chi connectivity index (χ2n) is 4.21. The van der Waals surface area contributed by atoms with E-state index in [0.29, 0.717) is 11.5 Å². The maximum absolute atomic E-state index is 13.1. The predicted octanol–water partition coefficient (Wildman–Crippen LogP) is 2.55. The third-order valence-corrected chi connectivity index (χ3v) is 3.00. The van der Waals surface area contributed by atoms with E-state index in [4.69, 9.17) is 0 Å². The van der Waals surface area contributed by atoms with E-state index in [1.807, 2.05) is 13.8 Å². The molecule has 0 bridgehead atoms. The number of aromatic nitrogens is 4. The Morgan fingerprint density at radius 3 is 2.83 bits per heavy atom. The van der Waals surface area contributed by atoms with Crippen LogP contribution in [0.25, 0.3) is 17.0 Å². The maximum atomic E-state index is 13.1. The molecule has 5 heteroatoms. The fraction of sp³-hybridized carbons (Fsp3) is 0.154. The van der Waals surface area contributed by atoms with Gasteiger partial charge in [-0.1, -0.05) is 0 Å². The summed E-state index contributed by atoms with van der Waals surface area (Å²) in [5, 5.41) is 4.27. The van der Waals surface area contributed by atoms with Crippen molar-refractivity contribution < 1.29 is 4.39 Å². The van der Waals surface area contributed by atoms with E-state index in [9.17, 15) is 4.39 Å². The van der Waals surface area contributed by atoms with Gasteiger partial charge in [-0.3, -0.25) is 4.98 Å². The fourth-order valence-corrected chi connectivity index (χ4v) is 1.83. The van der Waals surface area contributed by atoms with Crippen LogP contribution in [0.2, 0.25) is 0 Å². The molecule has 4 nitrogen and oxygen atoms in total. The lowest BCUT2D eigenvalue weighted by molar-refractivity contribution is 0.615. The van der Waals surface area contributed by atoms with Gasteiger partial charge in [-0.25, -0.2) is 13.9 Å². The van der Waals surface area contributed by atoms with E-state index in [2.05, 4.69) is 15.1 Å². The number of hydrogen-bond acceptors (Lipinski definition) is 3. The second kappa shape index (κ2) is 3.87. The zero-order chi connectivity index (χ0) is 12.7. The van der Waals surface area contributed by atoms with Crippen LogP contribution < -0.4 is 0 Å². The van der Waals surface area contributed by atoms with Crippen molar-refractivity contribution in [1.29, 1.82) is 0 Å². The van der Waals surface area contributed by atoms with Crippen molar-refractivity contribution in [2.75, 3.05) is 0 Å². The summed E-state index contributed by atoms with van der Waals surface area (Å²) in [5.74, 6) is 0.229. The Hall–Kier alpha value is -2.30. The number of aryl methyl sites for hydroxylation is 1. The van der Waals surface area contributed by atoms with Crippen LogP contribution in [0.4, 0.5) is 4.39 Å². The zero-order valence-electron chi connectivity index (χ0n) is 10.1. The highest BCUT2D eigenvalue weighted by Crippen LogP contribution is 2.21. The highest BCUT2D eigenvalue weighted by atomic mass is 19.1. The first-order chi connectivity index (χ1) is 8.65. The first-order valence-corrected chi connectivity index (χ1v) is 5.58. The average Bonchev–Trinajstić information content (AvgIpc) is 2.75. The summed E-state index contributed by atoms with van der Waals surface area (Å²) in [6.07, 6.45) is 4.84. The van der Waals surface area contributed by atoms with Crippen LogP contribution in [0.15, 0.2) is 30.7 Å². The van der Waals surface area contributed by atoms with Crippen molar-refractivity contribution in [2.24, 2.45) is 0 Å². The number of halogens is 1. The molecule has 0 radical (unpaired) electrons. The minimum absolute atomic E-state index is 0.335. The Balaban J connectivity index is 2.22.